The fourth-order valence-corrected chi connectivity index (χ4v) is 3.61. The molecule has 2 amide bonds. The number of carbonyl (C=O) groups excluding carboxylic acids is 2. The topological polar surface area (TPSA) is 69.6 Å². The number of hydroxylamine groups is 1. The lowest BCUT2D eigenvalue weighted by molar-refractivity contribution is -0.143. The minimum atomic E-state index is -0.734. The van der Waals surface area contributed by atoms with Gasteiger partial charge in [-0.3, -0.25) is 14.8 Å². The van der Waals surface area contributed by atoms with Crippen LogP contribution in [0.3, 0.4) is 0 Å². The van der Waals surface area contributed by atoms with Crippen molar-refractivity contribution in [2.75, 3.05) is 6.54 Å². The van der Waals surface area contributed by atoms with Crippen LogP contribution >= 0.6 is 0 Å². The first-order valence-corrected chi connectivity index (χ1v) is 8.82. The zero-order chi connectivity index (χ0) is 18.7. The Hall–Kier alpha value is -2.66. The largest absolute Gasteiger partial charge is 0.329 e. The standard InChI is InChI=1S/C21H24N2O3/c1-15-8-10-17(11-9-15)21(2)12-13-23(20(21)25)18(19(24)22-26)14-16-6-4-3-5-7-16/h3-11,18,26H,12-14H2,1-2H3,(H,22,24). The highest BCUT2D eigenvalue weighted by Crippen LogP contribution is 2.37. The summed E-state index contributed by atoms with van der Waals surface area (Å²) in [4.78, 5) is 27.1. The van der Waals surface area contributed by atoms with Crippen LogP contribution < -0.4 is 5.48 Å². The molecule has 2 aromatic rings. The second-order valence-corrected chi connectivity index (χ2v) is 7.13. The summed E-state index contributed by atoms with van der Waals surface area (Å²) in [6.45, 7) is 4.42. The van der Waals surface area contributed by atoms with E-state index in [1.807, 2.05) is 68.4 Å². The van der Waals surface area contributed by atoms with Gasteiger partial charge in [0.1, 0.15) is 6.04 Å². The minimum absolute atomic E-state index is 0.0779. The Balaban J connectivity index is 1.87. The molecule has 0 radical (unpaired) electrons. The number of rotatable bonds is 5. The lowest BCUT2D eigenvalue weighted by Crippen LogP contribution is -2.50. The van der Waals surface area contributed by atoms with Gasteiger partial charge < -0.3 is 4.90 Å². The van der Waals surface area contributed by atoms with Crippen LogP contribution in [0.25, 0.3) is 0 Å². The fraction of sp³-hybridized carbons (Fsp3) is 0.333. The van der Waals surface area contributed by atoms with Crippen LogP contribution in [0.4, 0.5) is 0 Å². The molecule has 5 heteroatoms. The van der Waals surface area contributed by atoms with Crippen LogP contribution in [-0.2, 0) is 21.4 Å². The van der Waals surface area contributed by atoms with Gasteiger partial charge >= 0.3 is 0 Å². The maximum absolute atomic E-state index is 13.2. The molecular formula is C21H24N2O3. The Bertz CT molecular complexity index is 789. The second kappa shape index (κ2) is 7.30. The summed E-state index contributed by atoms with van der Waals surface area (Å²) in [6.07, 6.45) is 1.00. The zero-order valence-corrected chi connectivity index (χ0v) is 15.1. The number of benzene rings is 2. The third-order valence-corrected chi connectivity index (χ3v) is 5.34. The van der Waals surface area contributed by atoms with Gasteiger partial charge in [-0.05, 0) is 31.4 Å². The molecule has 1 fully saturated rings. The first-order chi connectivity index (χ1) is 12.5. The highest BCUT2D eigenvalue weighted by molar-refractivity contribution is 5.94. The second-order valence-electron chi connectivity index (χ2n) is 7.13. The van der Waals surface area contributed by atoms with Crippen molar-refractivity contribution in [1.29, 1.82) is 0 Å². The highest BCUT2D eigenvalue weighted by Gasteiger charge is 2.47. The van der Waals surface area contributed by atoms with Crippen molar-refractivity contribution >= 4 is 11.8 Å². The number of hydrogen-bond donors (Lipinski definition) is 2. The van der Waals surface area contributed by atoms with Gasteiger partial charge in [0.05, 0.1) is 5.41 Å². The van der Waals surface area contributed by atoms with E-state index in [4.69, 9.17) is 5.21 Å². The maximum Gasteiger partial charge on any atom is 0.266 e. The molecule has 1 saturated heterocycles. The van der Waals surface area contributed by atoms with Crippen molar-refractivity contribution in [1.82, 2.24) is 10.4 Å². The first kappa shape index (κ1) is 18.1. The first-order valence-electron chi connectivity index (χ1n) is 8.82. The molecule has 0 aromatic heterocycles. The van der Waals surface area contributed by atoms with Crippen LogP contribution in [0, 0.1) is 6.92 Å². The summed E-state index contributed by atoms with van der Waals surface area (Å²) in [5.74, 6) is -0.638. The number of nitrogens with zero attached hydrogens (tertiary/aromatic N) is 1. The smallest absolute Gasteiger partial charge is 0.266 e. The molecule has 0 bridgehead atoms. The normalized spacial score (nSPS) is 20.9. The van der Waals surface area contributed by atoms with E-state index in [0.717, 1.165) is 16.7 Å². The van der Waals surface area contributed by atoms with Crippen molar-refractivity contribution < 1.29 is 14.8 Å². The van der Waals surface area contributed by atoms with Crippen LogP contribution in [0.2, 0.25) is 0 Å². The summed E-state index contributed by atoms with van der Waals surface area (Å²) in [6, 6.07) is 16.7. The van der Waals surface area contributed by atoms with E-state index in [-0.39, 0.29) is 5.91 Å². The number of likely N-dealkylation sites (tertiary alicyclic amines) is 1. The van der Waals surface area contributed by atoms with Gasteiger partial charge in [0, 0.05) is 13.0 Å². The summed E-state index contributed by atoms with van der Waals surface area (Å²) < 4.78 is 0. The van der Waals surface area contributed by atoms with Gasteiger partial charge in [-0.15, -0.1) is 0 Å². The van der Waals surface area contributed by atoms with Gasteiger partial charge in [0.15, 0.2) is 0 Å². The lowest BCUT2D eigenvalue weighted by atomic mass is 9.81. The van der Waals surface area contributed by atoms with E-state index in [0.29, 0.717) is 19.4 Å². The predicted octanol–water partition coefficient (Wildman–Crippen LogP) is 2.60. The fourth-order valence-electron chi connectivity index (χ4n) is 3.61. The Kier molecular flexibility index (Phi) is 5.09. The van der Waals surface area contributed by atoms with Crippen molar-refractivity contribution in [3.63, 3.8) is 0 Å². The SMILES string of the molecule is Cc1ccc(C2(C)CCN(C(Cc3ccccc3)C(=O)NO)C2=O)cc1. The van der Waals surface area contributed by atoms with E-state index < -0.39 is 17.4 Å². The van der Waals surface area contributed by atoms with Gasteiger partial charge in [-0.25, -0.2) is 5.48 Å². The third-order valence-electron chi connectivity index (χ3n) is 5.34. The zero-order valence-electron chi connectivity index (χ0n) is 15.1. The lowest BCUT2D eigenvalue weighted by Gasteiger charge is -2.29. The third kappa shape index (κ3) is 3.35. The van der Waals surface area contributed by atoms with E-state index in [1.165, 1.54) is 0 Å². The number of carbonyl (C=O) groups is 2. The van der Waals surface area contributed by atoms with Crippen LogP contribution in [0.1, 0.15) is 30.0 Å². The molecule has 1 aliphatic rings. The molecule has 0 aliphatic carbocycles. The van der Waals surface area contributed by atoms with Gasteiger partial charge in [0.25, 0.3) is 5.91 Å². The average molecular weight is 352 g/mol. The maximum atomic E-state index is 13.2. The quantitative estimate of drug-likeness (QED) is 0.642. The predicted molar refractivity (Wildman–Crippen MR) is 98.7 cm³/mol. The molecule has 136 valence electrons. The van der Waals surface area contributed by atoms with Gasteiger partial charge in [0.2, 0.25) is 5.91 Å². The number of nitrogens with one attached hydrogen (secondary N) is 1. The number of amides is 2. The van der Waals surface area contributed by atoms with E-state index >= 15 is 0 Å². The Morgan fingerprint density at radius 2 is 1.85 bits per heavy atom. The highest BCUT2D eigenvalue weighted by atomic mass is 16.5. The molecule has 2 aromatic carbocycles. The molecule has 5 nitrogen and oxygen atoms in total. The Labute approximate surface area is 153 Å². The average Bonchev–Trinajstić information content (AvgIpc) is 2.96. The van der Waals surface area contributed by atoms with Crippen molar-refractivity contribution in [3.8, 4) is 0 Å². The minimum Gasteiger partial charge on any atom is -0.329 e. The van der Waals surface area contributed by atoms with Gasteiger partial charge in [-0.1, -0.05) is 60.2 Å². The molecule has 2 atom stereocenters. The van der Waals surface area contributed by atoms with E-state index in [2.05, 4.69) is 0 Å². The molecule has 2 N–H and O–H groups in total. The van der Waals surface area contributed by atoms with Gasteiger partial charge in [-0.2, -0.15) is 0 Å². The molecule has 0 saturated carbocycles. The van der Waals surface area contributed by atoms with E-state index in [1.54, 1.807) is 10.4 Å². The van der Waals surface area contributed by atoms with Crippen LogP contribution in [-0.4, -0.2) is 34.5 Å². The summed E-state index contributed by atoms with van der Waals surface area (Å²) >= 11 is 0. The molecule has 2 unspecified atom stereocenters. The molecule has 1 aliphatic heterocycles. The van der Waals surface area contributed by atoms with Crippen molar-refractivity contribution in [2.24, 2.45) is 0 Å². The van der Waals surface area contributed by atoms with Crippen LogP contribution in [0.5, 0.6) is 0 Å². The molecule has 26 heavy (non-hydrogen) atoms. The monoisotopic (exact) mass is 352 g/mol. The summed E-state index contributed by atoms with van der Waals surface area (Å²) in [5.41, 5.74) is 4.11. The summed E-state index contributed by atoms with van der Waals surface area (Å²) in [5, 5.41) is 9.17. The molecule has 3 rings (SSSR count). The molecule has 0 spiro atoms. The Morgan fingerprint density at radius 1 is 1.19 bits per heavy atom. The molecule has 1 heterocycles. The van der Waals surface area contributed by atoms with E-state index in [9.17, 15) is 9.59 Å². The molecular weight excluding hydrogens is 328 g/mol. The number of hydrogen-bond acceptors (Lipinski definition) is 3. The summed E-state index contributed by atoms with van der Waals surface area (Å²) in [7, 11) is 0. The number of aryl methyl sites for hydroxylation is 1. The van der Waals surface area contributed by atoms with Crippen LogP contribution in [0.15, 0.2) is 54.6 Å². The van der Waals surface area contributed by atoms with Crippen molar-refractivity contribution in [3.05, 3.63) is 71.3 Å². The van der Waals surface area contributed by atoms with Crippen molar-refractivity contribution in [2.45, 2.75) is 38.1 Å². The Morgan fingerprint density at radius 3 is 2.46 bits per heavy atom.